The Morgan fingerprint density at radius 1 is 1.47 bits per heavy atom. The minimum Gasteiger partial charge on any atom is -0.377 e. The van der Waals surface area contributed by atoms with E-state index in [0.717, 1.165) is 6.07 Å². The van der Waals surface area contributed by atoms with Crippen LogP contribution in [0.5, 0.6) is 0 Å². The first-order chi connectivity index (χ1) is 7.70. The van der Waals surface area contributed by atoms with Crippen molar-refractivity contribution in [2.75, 3.05) is 11.9 Å². The highest BCUT2D eigenvalue weighted by Crippen LogP contribution is 2.28. The number of hydrogen-bond acceptors (Lipinski definition) is 4. The minimum absolute atomic E-state index is 0.150. The van der Waals surface area contributed by atoms with Gasteiger partial charge in [-0.2, -0.15) is 4.39 Å². The summed E-state index contributed by atoms with van der Waals surface area (Å²) in [4.78, 5) is 9.75. The zero-order chi connectivity index (χ0) is 13.2. The number of nitrogens with two attached hydrogens (primary N) is 1. The highest BCUT2D eigenvalue weighted by atomic mass is 19.1. The normalized spacial score (nSPS) is 11.4. The summed E-state index contributed by atoms with van der Waals surface area (Å²) in [5.41, 5.74) is 4.01. The molecule has 0 saturated carbocycles. The molecule has 0 spiro atoms. The average Bonchev–Trinajstić information content (AvgIpc) is 2.11. The molecule has 7 heteroatoms. The Labute approximate surface area is 96.8 Å². The Bertz CT molecular complexity index is 444. The van der Waals surface area contributed by atoms with E-state index in [1.807, 2.05) is 0 Å². The van der Waals surface area contributed by atoms with Crippen LogP contribution in [0, 0.1) is 21.7 Å². The van der Waals surface area contributed by atoms with E-state index in [0.29, 0.717) is 6.07 Å². The molecule has 0 heterocycles. The number of anilines is 1. The van der Waals surface area contributed by atoms with Crippen LogP contribution in [0.3, 0.4) is 0 Å². The molecule has 0 aliphatic heterocycles. The van der Waals surface area contributed by atoms with Crippen molar-refractivity contribution in [2.45, 2.75) is 19.4 Å². The Balaban J connectivity index is 3.09. The number of benzene rings is 1. The fourth-order valence-electron chi connectivity index (χ4n) is 1.21. The number of hydrogen-bond donors (Lipinski definition) is 2. The highest BCUT2D eigenvalue weighted by Gasteiger charge is 2.23. The van der Waals surface area contributed by atoms with Crippen molar-refractivity contribution in [1.82, 2.24) is 0 Å². The van der Waals surface area contributed by atoms with Gasteiger partial charge in [-0.25, -0.2) is 4.39 Å². The molecule has 1 rings (SSSR count). The summed E-state index contributed by atoms with van der Waals surface area (Å²) in [7, 11) is 0. The molecule has 5 nitrogen and oxygen atoms in total. The Morgan fingerprint density at radius 3 is 2.53 bits per heavy atom. The first-order valence-electron chi connectivity index (χ1n) is 4.87. The summed E-state index contributed by atoms with van der Waals surface area (Å²) < 4.78 is 26.2. The fraction of sp³-hybridized carbons (Fsp3) is 0.400. The molecule has 0 bridgehead atoms. The van der Waals surface area contributed by atoms with Gasteiger partial charge >= 0.3 is 5.69 Å². The van der Waals surface area contributed by atoms with Gasteiger partial charge in [0.25, 0.3) is 0 Å². The maximum Gasteiger partial charge on any atom is 0.327 e. The average molecular weight is 245 g/mol. The van der Waals surface area contributed by atoms with Crippen molar-refractivity contribution < 1.29 is 13.7 Å². The summed E-state index contributed by atoms with van der Waals surface area (Å²) >= 11 is 0. The lowest BCUT2D eigenvalue weighted by molar-refractivity contribution is -0.386. The van der Waals surface area contributed by atoms with Crippen LogP contribution in [-0.2, 0) is 0 Å². The van der Waals surface area contributed by atoms with E-state index in [1.165, 1.54) is 0 Å². The Hall–Kier alpha value is -1.76. The van der Waals surface area contributed by atoms with Gasteiger partial charge in [0.15, 0.2) is 0 Å². The van der Waals surface area contributed by atoms with Gasteiger partial charge in [0, 0.05) is 24.2 Å². The summed E-state index contributed by atoms with van der Waals surface area (Å²) in [5.74, 6) is -2.10. The van der Waals surface area contributed by atoms with Gasteiger partial charge in [-0.05, 0) is 13.8 Å². The van der Waals surface area contributed by atoms with Gasteiger partial charge in [0.1, 0.15) is 11.5 Å². The summed E-state index contributed by atoms with van der Waals surface area (Å²) in [6.07, 6.45) is 0. The molecular formula is C10H13F2N3O2. The zero-order valence-corrected chi connectivity index (χ0v) is 9.46. The van der Waals surface area contributed by atoms with E-state index in [-0.39, 0.29) is 12.2 Å². The lowest BCUT2D eigenvalue weighted by Gasteiger charge is -2.19. The molecular weight excluding hydrogens is 232 g/mol. The predicted octanol–water partition coefficient (Wildman–Crippen LogP) is 2.02. The topological polar surface area (TPSA) is 81.2 Å². The maximum atomic E-state index is 13.2. The predicted molar refractivity (Wildman–Crippen MR) is 59.8 cm³/mol. The molecule has 0 radical (unpaired) electrons. The molecule has 3 N–H and O–H groups in total. The zero-order valence-electron chi connectivity index (χ0n) is 9.46. The molecule has 0 aliphatic carbocycles. The van der Waals surface area contributed by atoms with Crippen LogP contribution in [0.1, 0.15) is 13.8 Å². The van der Waals surface area contributed by atoms with Gasteiger partial charge in [0.2, 0.25) is 5.82 Å². The van der Waals surface area contributed by atoms with E-state index < -0.39 is 27.8 Å². The second kappa shape index (κ2) is 4.62. The lowest BCUT2D eigenvalue weighted by atomic mass is 10.1. The lowest BCUT2D eigenvalue weighted by Crippen LogP contribution is -2.39. The van der Waals surface area contributed by atoms with Crippen LogP contribution in [0.2, 0.25) is 0 Å². The summed E-state index contributed by atoms with van der Waals surface area (Å²) in [6, 6.07) is 1.34. The number of halogens is 2. The van der Waals surface area contributed by atoms with Crippen molar-refractivity contribution >= 4 is 11.4 Å². The van der Waals surface area contributed by atoms with Crippen molar-refractivity contribution in [1.29, 1.82) is 0 Å². The van der Waals surface area contributed by atoms with Gasteiger partial charge in [-0.3, -0.25) is 10.1 Å². The van der Waals surface area contributed by atoms with Crippen LogP contribution in [0.15, 0.2) is 12.1 Å². The number of nitrogens with one attached hydrogen (secondary N) is 1. The standard InChI is InChI=1S/C10H13F2N3O2/c1-10(2,13)5-14-8-4-6(11)3-7(12)9(8)15(16)17/h3-4,14H,5,13H2,1-2H3. The molecule has 0 amide bonds. The monoisotopic (exact) mass is 245 g/mol. The number of nitrogens with zero attached hydrogens (tertiary/aromatic N) is 1. The van der Waals surface area contributed by atoms with Crippen molar-refractivity contribution in [3.63, 3.8) is 0 Å². The first kappa shape index (κ1) is 13.3. The molecule has 0 saturated heterocycles. The Morgan fingerprint density at radius 2 is 2.06 bits per heavy atom. The molecule has 1 aromatic carbocycles. The molecule has 0 aliphatic rings. The number of rotatable bonds is 4. The fourth-order valence-corrected chi connectivity index (χ4v) is 1.21. The molecule has 0 fully saturated rings. The molecule has 0 unspecified atom stereocenters. The first-order valence-corrected chi connectivity index (χ1v) is 4.87. The second-order valence-corrected chi connectivity index (χ2v) is 4.38. The van der Waals surface area contributed by atoms with Crippen molar-refractivity contribution in [2.24, 2.45) is 5.73 Å². The molecule has 1 aromatic rings. The van der Waals surface area contributed by atoms with E-state index >= 15 is 0 Å². The number of nitro groups is 1. The second-order valence-electron chi connectivity index (χ2n) is 4.38. The van der Waals surface area contributed by atoms with Crippen LogP contribution < -0.4 is 11.1 Å². The van der Waals surface area contributed by atoms with Gasteiger partial charge in [0.05, 0.1) is 4.92 Å². The van der Waals surface area contributed by atoms with Crippen molar-refractivity contribution in [3.8, 4) is 0 Å². The number of nitro benzene ring substituents is 1. The van der Waals surface area contributed by atoms with Crippen LogP contribution >= 0.6 is 0 Å². The van der Waals surface area contributed by atoms with E-state index in [9.17, 15) is 18.9 Å². The third-order valence-corrected chi connectivity index (χ3v) is 1.95. The van der Waals surface area contributed by atoms with Crippen LogP contribution in [0.25, 0.3) is 0 Å². The van der Waals surface area contributed by atoms with Crippen molar-refractivity contribution in [3.05, 3.63) is 33.9 Å². The summed E-state index contributed by atoms with van der Waals surface area (Å²) in [6.45, 7) is 3.51. The largest absolute Gasteiger partial charge is 0.377 e. The highest BCUT2D eigenvalue weighted by molar-refractivity contribution is 5.62. The van der Waals surface area contributed by atoms with E-state index in [4.69, 9.17) is 5.73 Å². The SMILES string of the molecule is CC(C)(N)CNc1cc(F)cc(F)c1[N+](=O)[O-]. The molecule has 0 aromatic heterocycles. The smallest absolute Gasteiger partial charge is 0.327 e. The van der Waals surface area contributed by atoms with E-state index in [1.54, 1.807) is 13.8 Å². The van der Waals surface area contributed by atoms with Gasteiger partial charge in [-0.1, -0.05) is 0 Å². The Kier molecular flexibility index (Phi) is 3.62. The van der Waals surface area contributed by atoms with E-state index in [2.05, 4.69) is 5.32 Å². The molecule has 94 valence electrons. The van der Waals surface area contributed by atoms with Gasteiger partial charge in [-0.15, -0.1) is 0 Å². The van der Waals surface area contributed by atoms with Gasteiger partial charge < -0.3 is 11.1 Å². The van der Waals surface area contributed by atoms with Crippen LogP contribution in [-0.4, -0.2) is 17.0 Å². The minimum atomic E-state index is -1.22. The molecule has 17 heavy (non-hydrogen) atoms. The summed E-state index contributed by atoms with van der Waals surface area (Å²) in [5, 5.41) is 13.2. The quantitative estimate of drug-likeness (QED) is 0.628. The third kappa shape index (κ3) is 3.63. The third-order valence-electron chi connectivity index (χ3n) is 1.95. The maximum absolute atomic E-state index is 13.2. The molecule has 0 atom stereocenters. The van der Waals surface area contributed by atoms with Crippen LogP contribution in [0.4, 0.5) is 20.2 Å².